The zero-order chi connectivity index (χ0) is 27.3. The molecule has 0 fully saturated rings. The van der Waals surface area contributed by atoms with Crippen LogP contribution in [-0.4, -0.2) is 72.6 Å². The SMILES string of the molecule is CCCCN(C(=O)C(CCSC)NC(=O)OC(C)(C)C)C(C(=O)NCC(=O)OC)c1cccc(C)c1. The lowest BCUT2D eigenvalue weighted by atomic mass is 10.00. The number of alkyl carbamates (subject to hydrolysis) is 1. The highest BCUT2D eigenvalue weighted by Gasteiger charge is 2.36. The molecule has 0 aromatic heterocycles. The topological polar surface area (TPSA) is 114 Å². The van der Waals surface area contributed by atoms with Crippen molar-refractivity contribution in [1.29, 1.82) is 0 Å². The number of rotatable bonds is 13. The first-order valence-corrected chi connectivity index (χ1v) is 13.5. The van der Waals surface area contributed by atoms with Crippen molar-refractivity contribution in [1.82, 2.24) is 15.5 Å². The van der Waals surface area contributed by atoms with E-state index in [4.69, 9.17) is 4.74 Å². The van der Waals surface area contributed by atoms with Crippen LogP contribution >= 0.6 is 11.8 Å². The van der Waals surface area contributed by atoms with Gasteiger partial charge in [0, 0.05) is 6.54 Å². The number of esters is 1. The number of carbonyl (C=O) groups is 4. The first kappa shape index (κ1) is 31.3. The van der Waals surface area contributed by atoms with Gasteiger partial charge in [-0.2, -0.15) is 11.8 Å². The molecule has 0 radical (unpaired) electrons. The smallest absolute Gasteiger partial charge is 0.408 e. The minimum atomic E-state index is -0.995. The molecule has 1 rings (SSSR count). The van der Waals surface area contributed by atoms with Crippen LogP contribution in [-0.2, 0) is 23.9 Å². The maximum atomic E-state index is 13.9. The lowest BCUT2D eigenvalue weighted by molar-refractivity contribution is -0.144. The molecule has 0 saturated heterocycles. The van der Waals surface area contributed by atoms with E-state index < -0.39 is 35.7 Å². The number of aryl methyl sites for hydroxylation is 1. The van der Waals surface area contributed by atoms with Gasteiger partial charge in [-0.05, 0) is 58.1 Å². The van der Waals surface area contributed by atoms with Gasteiger partial charge in [0.2, 0.25) is 11.8 Å². The zero-order valence-corrected chi connectivity index (χ0v) is 23.3. The Morgan fingerprint density at radius 2 is 1.86 bits per heavy atom. The molecular formula is C26H41N3O6S. The highest BCUT2D eigenvalue weighted by Crippen LogP contribution is 2.25. The fourth-order valence-electron chi connectivity index (χ4n) is 3.48. The molecule has 36 heavy (non-hydrogen) atoms. The zero-order valence-electron chi connectivity index (χ0n) is 22.5. The summed E-state index contributed by atoms with van der Waals surface area (Å²) < 4.78 is 10.0. The summed E-state index contributed by atoms with van der Waals surface area (Å²) in [5.41, 5.74) is 0.811. The summed E-state index contributed by atoms with van der Waals surface area (Å²) >= 11 is 1.55. The molecule has 0 aliphatic carbocycles. The first-order chi connectivity index (χ1) is 16.9. The van der Waals surface area contributed by atoms with Gasteiger partial charge in [0.05, 0.1) is 7.11 Å². The molecule has 0 bridgehead atoms. The average molecular weight is 524 g/mol. The van der Waals surface area contributed by atoms with Crippen LogP contribution in [0, 0.1) is 6.92 Å². The van der Waals surface area contributed by atoms with Crippen LogP contribution in [0.5, 0.6) is 0 Å². The Hall–Kier alpha value is -2.75. The lowest BCUT2D eigenvalue weighted by Crippen LogP contribution is -2.53. The first-order valence-electron chi connectivity index (χ1n) is 12.1. The molecule has 0 spiro atoms. The van der Waals surface area contributed by atoms with Crippen molar-refractivity contribution in [3.63, 3.8) is 0 Å². The van der Waals surface area contributed by atoms with Gasteiger partial charge in [-0.1, -0.05) is 43.2 Å². The molecule has 1 aromatic rings. The van der Waals surface area contributed by atoms with Gasteiger partial charge in [0.15, 0.2) is 0 Å². The van der Waals surface area contributed by atoms with Crippen molar-refractivity contribution in [2.45, 2.75) is 71.6 Å². The third-order valence-corrected chi connectivity index (χ3v) is 5.83. The fourth-order valence-corrected chi connectivity index (χ4v) is 3.95. The van der Waals surface area contributed by atoms with Crippen molar-refractivity contribution in [2.24, 2.45) is 0 Å². The minimum Gasteiger partial charge on any atom is -0.468 e. The second kappa shape index (κ2) is 15.4. The second-order valence-electron chi connectivity index (χ2n) is 9.48. The number of nitrogens with zero attached hydrogens (tertiary/aromatic N) is 1. The monoisotopic (exact) mass is 523 g/mol. The van der Waals surface area contributed by atoms with E-state index >= 15 is 0 Å². The van der Waals surface area contributed by atoms with Crippen LogP contribution in [0.2, 0.25) is 0 Å². The van der Waals surface area contributed by atoms with Crippen LogP contribution in [0.4, 0.5) is 4.79 Å². The molecule has 2 N–H and O–H groups in total. The predicted molar refractivity (Wildman–Crippen MR) is 142 cm³/mol. The highest BCUT2D eigenvalue weighted by molar-refractivity contribution is 7.98. The Morgan fingerprint density at radius 3 is 2.42 bits per heavy atom. The lowest BCUT2D eigenvalue weighted by Gasteiger charge is -2.34. The van der Waals surface area contributed by atoms with Gasteiger partial charge >= 0.3 is 12.1 Å². The quantitative estimate of drug-likeness (QED) is 0.380. The summed E-state index contributed by atoms with van der Waals surface area (Å²) in [7, 11) is 1.24. The number of thioether (sulfide) groups is 1. The Balaban J connectivity index is 3.42. The van der Waals surface area contributed by atoms with Gasteiger partial charge in [-0.25, -0.2) is 4.79 Å². The number of ether oxygens (including phenoxy) is 2. The molecule has 1 aromatic carbocycles. The van der Waals surface area contributed by atoms with E-state index in [1.807, 2.05) is 38.3 Å². The summed E-state index contributed by atoms with van der Waals surface area (Å²) in [6, 6.07) is 5.46. The summed E-state index contributed by atoms with van der Waals surface area (Å²) in [5, 5.41) is 5.30. The third-order valence-electron chi connectivity index (χ3n) is 5.19. The van der Waals surface area contributed by atoms with Crippen LogP contribution in [0.15, 0.2) is 24.3 Å². The molecule has 9 nitrogen and oxygen atoms in total. The molecular weight excluding hydrogens is 482 g/mol. The van der Waals surface area contributed by atoms with E-state index in [0.717, 1.165) is 12.0 Å². The van der Waals surface area contributed by atoms with Gasteiger partial charge in [-0.15, -0.1) is 0 Å². The molecule has 0 heterocycles. The summed E-state index contributed by atoms with van der Waals surface area (Å²) in [5.74, 6) is -0.862. The molecule has 3 amide bonds. The van der Waals surface area contributed by atoms with Crippen molar-refractivity contribution >= 4 is 35.6 Å². The minimum absolute atomic E-state index is 0.297. The third kappa shape index (κ3) is 10.9. The van der Waals surface area contributed by atoms with E-state index in [1.54, 1.807) is 38.6 Å². The maximum Gasteiger partial charge on any atom is 0.408 e. The summed E-state index contributed by atoms with van der Waals surface area (Å²) in [6.45, 7) is 9.11. The van der Waals surface area contributed by atoms with Crippen LogP contribution in [0.25, 0.3) is 0 Å². The molecule has 0 aliphatic rings. The normalized spacial score (nSPS) is 12.8. The van der Waals surface area contributed by atoms with E-state index in [2.05, 4.69) is 15.4 Å². The van der Waals surface area contributed by atoms with Crippen molar-refractivity contribution < 1.29 is 28.7 Å². The summed E-state index contributed by atoms with van der Waals surface area (Å²) in [4.78, 5) is 53.1. The number of benzene rings is 1. The average Bonchev–Trinajstić information content (AvgIpc) is 2.80. The van der Waals surface area contributed by atoms with Gasteiger partial charge in [-0.3, -0.25) is 14.4 Å². The Labute approximate surface area is 219 Å². The van der Waals surface area contributed by atoms with Gasteiger partial charge in [0.25, 0.3) is 0 Å². The fraction of sp³-hybridized carbons (Fsp3) is 0.615. The number of hydrogen-bond acceptors (Lipinski definition) is 7. The number of methoxy groups -OCH3 is 1. The second-order valence-corrected chi connectivity index (χ2v) is 10.5. The summed E-state index contributed by atoms with van der Waals surface area (Å²) in [6.07, 6.45) is 3.04. The van der Waals surface area contributed by atoms with E-state index in [1.165, 1.54) is 12.0 Å². The van der Waals surface area contributed by atoms with Crippen molar-refractivity contribution in [2.75, 3.05) is 32.2 Å². The molecule has 2 atom stereocenters. The van der Waals surface area contributed by atoms with Crippen LogP contribution in [0.3, 0.4) is 0 Å². The van der Waals surface area contributed by atoms with E-state index in [-0.39, 0.29) is 12.5 Å². The largest absolute Gasteiger partial charge is 0.468 e. The van der Waals surface area contributed by atoms with E-state index in [9.17, 15) is 19.2 Å². The maximum absolute atomic E-state index is 13.9. The Kier molecular flexibility index (Phi) is 13.4. The highest BCUT2D eigenvalue weighted by atomic mass is 32.2. The Morgan fingerprint density at radius 1 is 1.17 bits per heavy atom. The molecule has 2 unspecified atom stereocenters. The number of unbranched alkanes of at least 4 members (excludes halogenated alkanes) is 1. The molecule has 202 valence electrons. The number of hydrogen-bond donors (Lipinski definition) is 2. The predicted octanol–water partition coefficient (Wildman–Crippen LogP) is 3.60. The van der Waals surface area contributed by atoms with Crippen molar-refractivity contribution in [3.8, 4) is 0 Å². The molecule has 10 heteroatoms. The van der Waals surface area contributed by atoms with Crippen molar-refractivity contribution in [3.05, 3.63) is 35.4 Å². The van der Waals surface area contributed by atoms with E-state index in [0.29, 0.717) is 30.7 Å². The van der Waals surface area contributed by atoms with Gasteiger partial charge in [0.1, 0.15) is 24.2 Å². The van der Waals surface area contributed by atoms with Crippen LogP contribution in [0.1, 0.15) is 64.1 Å². The van der Waals surface area contributed by atoms with Gasteiger partial charge < -0.3 is 25.0 Å². The number of carbonyl (C=O) groups excluding carboxylic acids is 4. The Bertz CT molecular complexity index is 887. The van der Waals surface area contributed by atoms with Crippen LogP contribution < -0.4 is 10.6 Å². The number of nitrogens with one attached hydrogen (secondary N) is 2. The standard InChI is InChI=1S/C26H41N3O6S/c1-8-9-14-29(24(32)20(13-15-36-7)28-25(33)35-26(3,4)5)22(19-12-10-11-18(2)16-19)23(31)27-17-21(30)34-6/h10-12,16,20,22H,8-9,13-15,17H2,1-7H3,(H,27,31)(H,28,33). The number of amides is 3. The molecule has 0 saturated carbocycles. The molecule has 0 aliphatic heterocycles.